The van der Waals surface area contributed by atoms with Crippen LogP contribution in [0.5, 0.6) is 0 Å². The number of carboxylic acid groups (broad SMARTS) is 1. The molecule has 0 bridgehead atoms. The molecule has 1 N–H and O–H groups in total. The Bertz CT molecular complexity index is 583. The number of aryl methyl sites for hydroxylation is 2. The summed E-state index contributed by atoms with van der Waals surface area (Å²) in [5.41, 5.74) is -0.0226. The van der Waals surface area contributed by atoms with Gasteiger partial charge in [0.05, 0.1) is 0 Å². The van der Waals surface area contributed by atoms with Crippen molar-refractivity contribution in [2.45, 2.75) is 51.5 Å². The molecule has 4 nitrogen and oxygen atoms in total. The molecule has 0 radical (unpaired) electrons. The summed E-state index contributed by atoms with van der Waals surface area (Å²) < 4.78 is 13.7. The van der Waals surface area contributed by atoms with Gasteiger partial charge in [0.2, 0.25) is 0 Å². The molecule has 0 aliphatic heterocycles. The van der Waals surface area contributed by atoms with Crippen LogP contribution in [0.3, 0.4) is 0 Å². The van der Waals surface area contributed by atoms with Gasteiger partial charge in [-0.2, -0.15) is 0 Å². The molecule has 0 spiro atoms. The maximum atomic E-state index is 13.7. The van der Waals surface area contributed by atoms with Crippen LogP contribution in [0.1, 0.15) is 53.6 Å². The van der Waals surface area contributed by atoms with Gasteiger partial charge in [-0.25, -0.2) is 9.18 Å². The lowest BCUT2D eigenvalue weighted by Crippen LogP contribution is -2.56. The molecular formula is C17H22FNO3. The molecule has 0 unspecified atom stereocenters. The molecule has 1 aliphatic carbocycles. The molecule has 1 aromatic rings. The van der Waals surface area contributed by atoms with E-state index in [-0.39, 0.29) is 11.7 Å². The number of likely N-dealkylation sites (N-methyl/N-ethyl adjacent to an activating group) is 1. The van der Waals surface area contributed by atoms with Crippen LogP contribution in [0.15, 0.2) is 12.1 Å². The van der Waals surface area contributed by atoms with Crippen molar-refractivity contribution >= 4 is 11.9 Å². The van der Waals surface area contributed by atoms with E-state index >= 15 is 0 Å². The fourth-order valence-corrected chi connectivity index (χ4v) is 3.29. The summed E-state index contributed by atoms with van der Waals surface area (Å²) in [6.45, 7) is 3.21. The molecule has 5 heteroatoms. The lowest BCUT2D eigenvalue weighted by molar-refractivity contribution is -0.151. The van der Waals surface area contributed by atoms with E-state index in [0.717, 1.165) is 19.3 Å². The Labute approximate surface area is 129 Å². The van der Waals surface area contributed by atoms with Gasteiger partial charge in [0, 0.05) is 12.6 Å². The quantitative estimate of drug-likeness (QED) is 0.932. The molecule has 0 atom stereocenters. The lowest BCUT2D eigenvalue weighted by atomic mass is 9.80. The normalized spacial score (nSPS) is 17.1. The third-order valence-electron chi connectivity index (χ3n) is 4.71. The zero-order valence-electron chi connectivity index (χ0n) is 13.3. The largest absolute Gasteiger partial charge is 0.479 e. The number of carbonyl (C=O) groups excluding carboxylic acids is 1. The number of hydrogen-bond donors (Lipinski definition) is 1. The van der Waals surface area contributed by atoms with E-state index in [4.69, 9.17) is 0 Å². The van der Waals surface area contributed by atoms with E-state index in [1.54, 1.807) is 13.8 Å². The second-order valence-electron chi connectivity index (χ2n) is 6.19. The second kappa shape index (κ2) is 6.07. The number of aliphatic carboxylic acids is 1. The molecule has 1 amide bonds. The van der Waals surface area contributed by atoms with Crippen molar-refractivity contribution in [3.8, 4) is 0 Å². The summed E-state index contributed by atoms with van der Waals surface area (Å²) >= 11 is 0. The first-order valence-electron chi connectivity index (χ1n) is 7.58. The Morgan fingerprint density at radius 3 is 2.09 bits per heavy atom. The third kappa shape index (κ3) is 2.72. The van der Waals surface area contributed by atoms with Gasteiger partial charge in [-0.05, 0) is 49.9 Å². The van der Waals surface area contributed by atoms with Crippen molar-refractivity contribution in [2.75, 3.05) is 7.05 Å². The highest BCUT2D eigenvalue weighted by Crippen LogP contribution is 2.34. The topological polar surface area (TPSA) is 57.6 Å². The number of carbonyl (C=O) groups is 2. The average molecular weight is 307 g/mol. The fourth-order valence-electron chi connectivity index (χ4n) is 3.29. The number of halogens is 1. The standard InChI is InChI=1S/C17H22FNO3/c1-11-9-13(10-12(2)14(11)18)15(20)19(3)17(16(21)22)7-5-4-6-8-17/h9-10H,4-8H2,1-3H3,(H,21,22). The molecule has 0 aromatic heterocycles. The molecular weight excluding hydrogens is 285 g/mol. The van der Waals surface area contributed by atoms with Crippen molar-refractivity contribution < 1.29 is 19.1 Å². The maximum Gasteiger partial charge on any atom is 0.329 e. The lowest BCUT2D eigenvalue weighted by Gasteiger charge is -2.41. The smallest absolute Gasteiger partial charge is 0.329 e. The number of benzene rings is 1. The Kier molecular flexibility index (Phi) is 4.54. The van der Waals surface area contributed by atoms with Gasteiger partial charge >= 0.3 is 5.97 Å². The van der Waals surface area contributed by atoms with E-state index < -0.39 is 11.5 Å². The number of rotatable bonds is 3. The van der Waals surface area contributed by atoms with Gasteiger partial charge in [-0.15, -0.1) is 0 Å². The van der Waals surface area contributed by atoms with Gasteiger partial charge in [0.25, 0.3) is 5.91 Å². The monoisotopic (exact) mass is 307 g/mol. The molecule has 2 rings (SSSR count). The maximum absolute atomic E-state index is 13.7. The van der Waals surface area contributed by atoms with Gasteiger partial charge in [-0.1, -0.05) is 19.3 Å². The first-order chi connectivity index (χ1) is 10.3. The highest BCUT2D eigenvalue weighted by Gasteiger charge is 2.45. The van der Waals surface area contributed by atoms with Crippen molar-refractivity contribution in [1.29, 1.82) is 0 Å². The van der Waals surface area contributed by atoms with E-state index in [0.29, 0.717) is 29.5 Å². The zero-order valence-corrected chi connectivity index (χ0v) is 13.3. The number of amides is 1. The molecule has 1 aliphatic rings. The van der Waals surface area contributed by atoms with E-state index in [9.17, 15) is 19.1 Å². The van der Waals surface area contributed by atoms with Crippen LogP contribution >= 0.6 is 0 Å². The van der Waals surface area contributed by atoms with Crippen LogP contribution in [0.25, 0.3) is 0 Å². The number of nitrogens with zero attached hydrogens (tertiary/aromatic N) is 1. The minimum absolute atomic E-state index is 0.329. The fraction of sp³-hybridized carbons (Fsp3) is 0.529. The van der Waals surface area contributed by atoms with Crippen LogP contribution in [0, 0.1) is 19.7 Å². The molecule has 1 fully saturated rings. The number of carboxylic acids is 1. The van der Waals surface area contributed by atoms with Gasteiger partial charge < -0.3 is 10.0 Å². The predicted octanol–water partition coefficient (Wildman–Crippen LogP) is 3.30. The van der Waals surface area contributed by atoms with E-state index in [1.165, 1.54) is 24.1 Å². The highest BCUT2D eigenvalue weighted by atomic mass is 19.1. The average Bonchev–Trinajstić information content (AvgIpc) is 2.51. The van der Waals surface area contributed by atoms with Gasteiger partial charge in [0.1, 0.15) is 11.4 Å². The molecule has 1 saturated carbocycles. The van der Waals surface area contributed by atoms with Crippen molar-refractivity contribution in [3.05, 3.63) is 34.6 Å². The van der Waals surface area contributed by atoms with Gasteiger partial charge in [-0.3, -0.25) is 4.79 Å². The first-order valence-corrected chi connectivity index (χ1v) is 7.58. The molecule has 0 saturated heterocycles. The SMILES string of the molecule is Cc1cc(C(=O)N(C)C2(C(=O)O)CCCCC2)cc(C)c1F. The van der Waals surface area contributed by atoms with Crippen LogP contribution in [0.4, 0.5) is 4.39 Å². The third-order valence-corrected chi connectivity index (χ3v) is 4.71. The van der Waals surface area contributed by atoms with E-state index in [1.807, 2.05) is 0 Å². The second-order valence-corrected chi connectivity index (χ2v) is 6.19. The minimum Gasteiger partial charge on any atom is -0.479 e. The minimum atomic E-state index is -1.15. The van der Waals surface area contributed by atoms with Crippen molar-refractivity contribution in [2.24, 2.45) is 0 Å². The summed E-state index contributed by atoms with van der Waals surface area (Å²) in [6, 6.07) is 2.97. The summed E-state index contributed by atoms with van der Waals surface area (Å²) in [5, 5.41) is 9.65. The molecule has 22 heavy (non-hydrogen) atoms. The van der Waals surface area contributed by atoms with Crippen LogP contribution < -0.4 is 0 Å². The van der Waals surface area contributed by atoms with E-state index in [2.05, 4.69) is 0 Å². The summed E-state index contributed by atoms with van der Waals surface area (Å²) in [4.78, 5) is 25.8. The highest BCUT2D eigenvalue weighted by molar-refractivity contribution is 5.98. The van der Waals surface area contributed by atoms with Gasteiger partial charge in [0.15, 0.2) is 0 Å². The first kappa shape index (κ1) is 16.5. The molecule has 0 heterocycles. The Morgan fingerprint density at radius 1 is 1.14 bits per heavy atom. The Morgan fingerprint density at radius 2 is 1.64 bits per heavy atom. The molecule has 1 aromatic carbocycles. The summed E-state index contributed by atoms with van der Waals surface area (Å²) in [5.74, 6) is -1.65. The van der Waals surface area contributed by atoms with Crippen LogP contribution in [-0.2, 0) is 4.79 Å². The molecule has 120 valence electrons. The summed E-state index contributed by atoms with van der Waals surface area (Å²) in [7, 11) is 1.54. The summed E-state index contributed by atoms with van der Waals surface area (Å²) in [6.07, 6.45) is 3.51. The zero-order chi connectivity index (χ0) is 16.5. The Balaban J connectivity index is 2.37. The Hall–Kier alpha value is -1.91. The van der Waals surface area contributed by atoms with Crippen molar-refractivity contribution in [1.82, 2.24) is 4.90 Å². The predicted molar refractivity (Wildman–Crippen MR) is 81.4 cm³/mol. The van der Waals surface area contributed by atoms with Crippen LogP contribution in [-0.4, -0.2) is 34.5 Å². The number of hydrogen-bond acceptors (Lipinski definition) is 2. The van der Waals surface area contributed by atoms with Crippen LogP contribution in [0.2, 0.25) is 0 Å². The van der Waals surface area contributed by atoms with Crippen molar-refractivity contribution in [3.63, 3.8) is 0 Å².